The first-order valence-corrected chi connectivity index (χ1v) is 5.75. The van der Waals surface area contributed by atoms with Gasteiger partial charge in [0.05, 0.1) is 26.2 Å². The number of rotatable bonds is 5. The van der Waals surface area contributed by atoms with Crippen LogP contribution in [0.4, 0.5) is 0 Å². The second-order valence-electron chi connectivity index (χ2n) is 4.14. The summed E-state index contributed by atoms with van der Waals surface area (Å²) in [5.41, 5.74) is 0. The first kappa shape index (κ1) is 13.9. The molecule has 1 aliphatic rings. The van der Waals surface area contributed by atoms with Crippen molar-refractivity contribution in [1.82, 2.24) is 10.2 Å². The van der Waals surface area contributed by atoms with Gasteiger partial charge in [-0.25, -0.2) is 0 Å². The Morgan fingerprint density at radius 2 is 2.24 bits per heavy atom. The zero-order chi connectivity index (χ0) is 12.7. The molecule has 1 amide bonds. The number of hydrogen-bond donors (Lipinski definition) is 1. The Bertz CT molecular complexity index is 270. The molecule has 0 saturated carbocycles. The normalized spacial score (nSPS) is 20.9. The van der Waals surface area contributed by atoms with Gasteiger partial charge in [0.1, 0.15) is 0 Å². The number of nitrogens with one attached hydrogen (secondary N) is 1. The minimum Gasteiger partial charge on any atom is -0.469 e. The van der Waals surface area contributed by atoms with Crippen molar-refractivity contribution in [3.63, 3.8) is 0 Å². The summed E-state index contributed by atoms with van der Waals surface area (Å²) in [6.07, 6.45) is 0.319. The van der Waals surface area contributed by atoms with Crippen molar-refractivity contribution >= 4 is 11.9 Å². The number of ether oxygens (including phenoxy) is 2. The van der Waals surface area contributed by atoms with Crippen molar-refractivity contribution in [2.24, 2.45) is 0 Å². The molecule has 1 saturated heterocycles. The zero-order valence-electron chi connectivity index (χ0n) is 10.4. The van der Waals surface area contributed by atoms with Crippen LogP contribution in [0.1, 0.15) is 12.8 Å². The summed E-state index contributed by atoms with van der Waals surface area (Å²) in [5, 5.41) is 2.75. The smallest absolute Gasteiger partial charge is 0.306 e. The van der Waals surface area contributed by atoms with Gasteiger partial charge < -0.3 is 19.7 Å². The number of amides is 1. The Hall–Kier alpha value is -1.14. The van der Waals surface area contributed by atoms with E-state index in [0.29, 0.717) is 13.2 Å². The minimum absolute atomic E-state index is 0.0378. The Morgan fingerprint density at radius 3 is 2.88 bits per heavy atom. The lowest BCUT2D eigenvalue weighted by molar-refractivity contribution is -0.142. The van der Waals surface area contributed by atoms with Crippen molar-refractivity contribution in [3.8, 4) is 0 Å². The maximum Gasteiger partial charge on any atom is 0.306 e. The SMILES string of the molecule is COC(=O)CCC(=O)NCC1CN(C)CCO1. The zero-order valence-corrected chi connectivity index (χ0v) is 10.4. The summed E-state index contributed by atoms with van der Waals surface area (Å²) >= 11 is 0. The molecule has 6 heteroatoms. The average Bonchev–Trinajstić information content (AvgIpc) is 2.33. The molecule has 0 aromatic heterocycles. The second-order valence-corrected chi connectivity index (χ2v) is 4.14. The van der Waals surface area contributed by atoms with E-state index in [1.807, 2.05) is 7.05 Å². The van der Waals surface area contributed by atoms with Crippen LogP contribution in [0.2, 0.25) is 0 Å². The topological polar surface area (TPSA) is 67.9 Å². The summed E-state index contributed by atoms with van der Waals surface area (Å²) in [7, 11) is 3.33. The van der Waals surface area contributed by atoms with E-state index in [4.69, 9.17) is 4.74 Å². The number of carbonyl (C=O) groups excluding carboxylic acids is 2. The third-order valence-electron chi connectivity index (χ3n) is 2.65. The fourth-order valence-electron chi connectivity index (χ4n) is 1.62. The van der Waals surface area contributed by atoms with Crippen LogP contribution in [0.5, 0.6) is 0 Å². The Kier molecular flexibility index (Phi) is 5.93. The number of carbonyl (C=O) groups is 2. The molecular formula is C11H20N2O4. The highest BCUT2D eigenvalue weighted by Gasteiger charge is 2.18. The fraction of sp³-hybridized carbons (Fsp3) is 0.818. The molecule has 1 aliphatic heterocycles. The molecule has 0 radical (unpaired) electrons. The first-order chi connectivity index (χ1) is 8.11. The average molecular weight is 244 g/mol. The lowest BCUT2D eigenvalue weighted by atomic mass is 10.2. The van der Waals surface area contributed by atoms with Crippen LogP contribution < -0.4 is 5.32 Å². The summed E-state index contributed by atoms with van der Waals surface area (Å²) < 4.78 is 9.96. The summed E-state index contributed by atoms with van der Waals surface area (Å²) in [6.45, 7) is 2.92. The summed E-state index contributed by atoms with van der Waals surface area (Å²) in [6, 6.07) is 0. The number of nitrogens with zero attached hydrogens (tertiary/aromatic N) is 1. The third-order valence-corrected chi connectivity index (χ3v) is 2.65. The van der Waals surface area contributed by atoms with Gasteiger partial charge in [-0.3, -0.25) is 9.59 Å². The maximum atomic E-state index is 11.4. The monoisotopic (exact) mass is 244 g/mol. The molecule has 0 bridgehead atoms. The van der Waals surface area contributed by atoms with Gasteiger partial charge in [0.2, 0.25) is 5.91 Å². The lowest BCUT2D eigenvalue weighted by Gasteiger charge is -2.30. The van der Waals surface area contributed by atoms with Gasteiger partial charge >= 0.3 is 5.97 Å². The Morgan fingerprint density at radius 1 is 1.47 bits per heavy atom. The van der Waals surface area contributed by atoms with Crippen molar-refractivity contribution in [2.45, 2.75) is 18.9 Å². The van der Waals surface area contributed by atoms with Crippen molar-refractivity contribution in [1.29, 1.82) is 0 Å². The van der Waals surface area contributed by atoms with Gasteiger partial charge in [-0.15, -0.1) is 0 Å². The van der Waals surface area contributed by atoms with E-state index in [2.05, 4.69) is 15.0 Å². The third kappa shape index (κ3) is 5.65. The van der Waals surface area contributed by atoms with Crippen LogP contribution in [0.25, 0.3) is 0 Å². The van der Waals surface area contributed by atoms with Gasteiger partial charge in [0, 0.05) is 26.1 Å². The second kappa shape index (κ2) is 7.24. The van der Waals surface area contributed by atoms with Gasteiger partial charge in [0.15, 0.2) is 0 Å². The lowest BCUT2D eigenvalue weighted by Crippen LogP contribution is -2.45. The van der Waals surface area contributed by atoms with Gasteiger partial charge in [-0.05, 0) is 7.05 Å². The highest BCUT2D eigenvalue weighted by atomic mass is 16.5. The standard InChI is InChI=1S/C11H20N2O4/c1-13-5-6-17-9(8-13)7-12-10(14)3-4-11(15)16-2/h9H,3-8H2,1-2H3,(H,12,14). The number of likely N-dealkylation sites (N-methyl/N-ethyl adjacent to an activating group) is 1. The van der Waals surface area contributed by atoms with E-state index in [0.717, 1.165) is 13.1 Å². The molecule has 17 heavy (non-hydrogen) atoms. The quantitative estimate of drug-likeness (QED) is 0.653. The number of methoxy groups -OCH3 is 1. The molecule has 1 heterocycles. The van der Waals surface area contributed by atoms with Gasteiger partial charge in [-0.1, -0.05) is 0 Å². The van der Waals surface area contributed by atoms with Crippen molar-refractivity contribution in [2.75, 3.05) is 40.4 Å². The first-order valence-electron chi connectivity index (χ1n) is 5.75. The van der Waals surface area contributed by atoms with Crippen molar-refractivity contribution < 1.29 is 19.1 Å². The van der Waals surface area contributed by atoms with Crippen LogP contribution >= 0.6 is 0 Å². The van der Waals surface area contributed by atoms with Gasteiger partial charge in [0.25, 0.3) is 0 Å². The molecule has 98 valence electrons. The van der Waals surface area contributed by atoms with Crippen LogP contribution in [-0.4, -0.2) is 63.3 Å². The molecule has 0 aromatic rings. The number of esters is 1. The minimum atomic E-state index is -0.367. The highest BCUT2D eigenvalue weighted by Crippen LogP contribution is 2.01. The molecular weight excluding hydrogens is 224 g/mol. The predicted octanol–water partition coefficient (Wildman–Crippen LogP) is -0.614. The maximum absolute atomic E-state index is 11.4. The van der Waals surface area contributed by atoms with Crippen LogP contribution in [0.15, 0.2) is 0 Å². The molecule has 1 fully saturated rings. The van der Waals surface area contributed by atoms with E-state index < -0.39 is 0 Å². The molecule has 0 spiro atoms. The molecule has 1 unspecified atom stereocenters. The Labute approximate surface area is 101 Å². The number of hydrogen-bond acceptors (Lipinski definition) is 5. The van der Waals surface area contributed by atoms with E-state index in [1.165, 1.54) is 7.11 Å². The fourth-order valence-corrected chi connectivity index (χ4v) is 1.62. The van der Waals surface area contributed by atoms with E-state index in [-0.39, 0.29) is 30.8 Å². The Balaban J connectivity index is 2.12. The molecule has 1 rings (SSSR count). The highest BCUT2D eigenvalue weighted by molar-refractivity contribution is 5.81. The van der Waals surface area contributed by atoms with Crippen LogP contribution in [0, 0.1) is 0 Å². The molecule has 0 aliphatic carbocycles. The summed E-state index contributed by atoms with van der Waals surface area (Å²) in [4.78, 5) is 24.4. The number of morpholine rings is 1. The molecule has 1 N–H and O–H groups in total. The van der Waals surface area contributed by atoms with Gasteiger partial charge in [-0.2, -0.15) is 0 Å². The van der Waals surface area contributed by atoms with Crippen molar-refractivity contribution in [3.05, 3.63) is 0 Å². The van der Waals surface area contributed by atoms with E-state index in [9.17, 15) is 9.59 Å². The van der Waals surface area contributed by atoms with E-state index in [1.54, 1.807) is 0 Å². The van der Waals surface area contributed by atoms with Crippen LogP contribution in [0.3, 0.4) is 0 Å². The summed E-state index contributed by atoms with van der Waals surface area (Å²) in [5.74, 6) is -0.513. The van der Waals surface area contributed by atoms with E-state index >= 15 is 0 Å². The predicted molar refractivity (Wildman–Crippen MR) is 61.5 cm³/mol. The molecule has 0 aromatic carbocycles. The largest absolute Gasteiger partial charge is 0.469 e. The molecule has 1 atom stereocenters. The molecule has 6 nitrogen and oxygen atoms in total. The van der Waals surface area contributed by atoms with Crippen LogP contribution in [-0.2, 0) is 19.1 Å².